The van der Waals surface area contributed by atoms with Crippen LogP contribution in [0.25, 0.3) is 0 Å². The summed E-state index contributed by atoms with van der Waals surface area (Å²) in [6.07, 6.45) is 9.15. The van der Waals surface area contributed by atoms with Gasteiger partial charge in [0.05, 0.1) is 5.60 Å². The summed E-state index contributed by atoms with van der Waals surface area (Å²) in [5.41, 5.74) is -0.246. The average molecular weight is 222 g/mol. The Hall–Kier alpha value is -0.300. The van der Waals surface area contributed by atoms with Crippen LogP contribution in [0.4, 0.5) is 0 Å². The van der Waals surface area contributed by atoms with Gasteiger partial charge in [-0.05, 0) is 55.8 Å². The number of rotatable bonds is 1. The van der Waals surface area contributed by atoms with Crippen LogP contribution in [0.5, 0.6) is 0 Å². The lowest BCUT2D eigenvalue weighted by molar-refractivity contribution is -0.0826. The zero-order valence-corrected chi connectivity index (χ0v) is 11.2. The second-order valence-corrected chi connectivity index (χ2v) is 6.80. The van der Waals surface area contributed by atoms with Crippen LogP contribution >= 0.6 is 0 Å². The van der Waals surface area contributed by atoms with E-state index >= 15 is 0 Å². The van der Waals surface area contributed by atoms with E-state index in [2.05, 4.69) is 32.9 Å². The zero-order chi connectivity index (χ0) is 12.0. The predicted octanol–water partition coefficient (Wildman–Crippen LogP) is 3.78. The standard InChI is InChI=1S/C15H26O/c1-11(2)12-6-9-14(3)7-5-8-15(4,16)13(14)10-12/h5,7,11-13,16H,6,8-10H2,1-4H3/t12-,13-,14-,15-/m1/s1. The van der Waals surface area contributed by atoms with Gasteiger partial charge in [0.15, 0.2) is 0 Å². The molecule has 1 heteroatoms. The molecule has 1 saturated carbocycles. The minimum atomic E-state index is -0.489. The Labute approximate surface area is 99.9 Å². The fraction of sp³-hybridized carbons (Fsp3) is 0.867. The Bertz CT molecular complexity index is 290. The molecule has 0 spiro atoms. The molecule has 2 rings (SSSR count). The number of allylic oxidation sites excluding steroid dienone is 1. The monoisotopic (exact) mass is 222 g/mol. The zero-order valence-electron chi connectivity index (χ0n) is 11.2. The first-order valence-corrected chi connectivity index (χ1v) is 6.75. The van der Waals surface area contributed by atoms with E-state index in [1.54, 1.807) is 0 Å². The van der Waals surface area contributed by atoms with E-state index in [9.17, 15) is 5.11 Å². The Kier molecular flexibility index (Phi) is 2.94. The summed E-state index contributed by atoms with van der Waals surface area (Å²) in [4.78, 5) is 0. The Balaban J connectivity index is 2.23. The maximum Gasteiger partial charge on any atom is 0.0690 e. The molecular weight excluding hydrogens is 196 g/mol. The van der Waals surface area contributed by atoms with Gasteiger partial charge in [0, 0.05) is 0 Å². The Morgan fingerprint density at radius 1 is 1.31 bits per heavy atom. The van der Waals surface area contributed by atoms with Crippen molar-refractivity contribution in [2.75, 3.05) is 0 Å². The van der Waals surface area contributed by atoms with Crippen LogP contribution in [0.3, 0.4) is 0 Å². The highest BCUT2D eigenvalue weighted by Gasteiger charge is 2.48. The minimum absolute atomic E-state index is 0.243. The van der Waals surface area contributed by atoms with Gasteiger partial charge in [0.1, 0.15) is 0 Å². The number of fused-ring (bicyclic) bond motifs is 1. The van der Waals surface area contributed by atoms with Crippen molar-refractivity contribution >= 4 is 0 Å². The molecule has 92 valence electrons. The minimum Gasteiger partial charge on any atom is -0.390 e. The highest BCUT2D eigenvalue weighted by molar-refractivity contribution is 5.14. The summed E-state index contributed by atoms with van der Waals surface area (Å²) in [5.74, 6) is 2.01. The van der Waals surface area contributed by atoms with Gasteiger partial charge in [-0.15, -0.1) is 0 Å². The molecule has 1 fully saturated rings. The molecule has 0 aromatic carbocycles. The van der Waals surface area contributed by atoms with Gasteiger partial charge >= 0.3 is 0 Å². The van der Waals surface area contributed by atoms with Crippen LogP contribution in [-0.4, -0.2) is 10.7 Å². The van der Waals surface area contributed by atoms with Crippen LogP contribution in [0.2, 0.25) is 0 Å². The van der Waals surface area contributed by atoms with Crippen molar-refractivity contribution in [2.45, 2.75) is 59.0 Å². The molecule has 0 aromatic heterocycles. The summed E-state index contributed by atoms with van der Waals surface area (Å²) >= 11 is 0. The van der Waals surface area contributed by atoms with Crippen LogP contribution in [0.15, 0.2) is 12.2 Å². The molecule has 0 radical (unpaired) electrons. The Morgan fingerprint density at radius 3 is 2.62 bits per heavy atom. The molecule has 0 aromatic rings. The van der Waals surface area contributed by atoms with Crippen LogP contribution in [0, 0.1) is 23.2 Å². The lowest BCUT2D eigenvalue weighted by Gasteiger charge is -2.52. The summed E-state index contributed by atoms with van der Waals surface area (Å²) in [5, 5.41) is 10.6. The Morgan fingerprint density at radius 2 is 2.00 bits per heavy atom. The van der Waals surface area contributed by atoms with Crippen molar-refractivity contribution in [3.63, 3.8) is 0 Å². The molecule has 2 aliphatic carbocycles. The van der Waals surface area contributed by atoms with Crippen molar-refractivity contribution in [1.82, 2.24) is 0 Å². The SMILES string of the molecule is CC(C)[C@@H]1CC[C@@]2(C)C=CC[C@@](C)(O)[C@@H]2C1. The summed E-state index contributed by atoms with van der Waals surface area (Å²) in [6.45, 7) is 9.00. The molecule has 4 atom stereocenters. The first-order valence-electron chi connectivity index (χ1n) is 6.75. The fourth-order valence-corrected chi connectivity index (χ4v) is 3.84. The van der Waals surface area contributed by atoms with E-state index in [4.69, 9.17) is 0 Å². The number of hydrogen-bond acceptors (Lipinski definition) is 1. The average Bonchev–Trinajstić information content (AvgIpc) is 2.15. The van der Waals surface area contributed by atoms with Gasteiger partial charge in [-0.2, -0.15) is 0 Å². The van der Waals surface area contributed by atoms with Gasteiger partial charge in [-0.25, -0.2) is 0 Å². The van der Waals surface area contributed by atoms with Gasteiger partial charge < -0.3 is 5.11 Å². The molecular formula is C15H26O. The topological polar surface area (TPSA) is 20.2 Å². The summed E-state index contributed by atoms with van der Waals surface area (Å²) in [6, 6.07) is 0. The van der Waals surface area contributed by atoms with Crippen molar-refractivity contribution in [3.8, 4) is 0 Å². The smallest absolute Gasteiger partial charge is 0.0690 e. The third-order valence-electron chi connectivity index (χ3n) is 5.11. The second-order valence-electron chi connectivity index (χ2n) is 6.80. The summed E-state index contributed by atoms with van der Waals surface area (Å²) in [7, 11) is 0. The van der Waals surface area contributed by atoms with Gasteiger partial charge in [-0.1, -0.05) is 32.9 Å². The van der Waals surface area contributed by atoms with E-state index in [1.807, 2.05) is 6.92 Å². The first kappa shape index (κ1) is 12.2. The van der Waals surface area contributed by atoms with Crippen molar-refractivity contribution < 1.29 is 5.11 Å². The molecule has 1 nitrogen and oxygen atoms in total. The molecule has 0 bridgehead atoms. The van der Waals surface area contributed by atoms with Crippen molar-refractivity contribution in [3.05, 3.63) is 12.2 Å². The first-order chi connectivity index (χ1) is 7.35. The molecule has 1 N–H and O–H groups in total. The van der Waals surface area contributed by atoms with Crippen LogP contribution < -0.4 is 0 Å². The molecule has 0 heterocycles. The lowest BCUT2D eigenvalue weighted by Crippen LogP contribution is -2.49. The quantitative estimate of drug-likeness (QED) is 0.669. The van der Waals surface area contributed by atoms with Crippen molar-refractivity contribution in [2.24, 2.45) is 23.2 Å². The van der Waals surface area contributed by atoms with E-state index in [-0.39, 0.29) is 5.41 Å². The highest BCUT2D eigenvalue weighted by Crippen LogP contribution is 2.53. The van der Waals surface area contributed by atoms with Crippen LogP contribution in [-0.2, 0) is 0 Å². The third-order valence-corrected chi connectivity index (χ3v) is 5.11. The van der Waals surface area contributed by atoms with E-state index < -0.39 is 5.60 Å². The maximum atomic E-state index is 10.6. The molecule has 0 saturated heterocycles. The van der Waals surface area contributed by atoms with E-state index in [0.717, 1.165) is 18.3 Å². The van der Waals surface area contributed by atoms with Gasteiger partial charge in [0.2, 0.25) is 0 Å². The second kappa shape index (κ2) is 3.87. The normalized spacial score (nSPS) is 48.1. The number of aliphatic hydroxyl groups is 1. The molecule has 0 unspecified atom stereocenters. The molecule has 0 aliphatic heterocycles. The largest absolute Gasteiger partial charge is 0.390 e. The molecule has 0 amide bonds. The van der Waals surface area contributed by atoms with Crippen molar-refractivity contribution in [1.29, 1.82) is 0 Å². The lowest BCUT2D eigenvalue weighted by atomic mass is 9.55. The third kappa shape index (κ3) is 1.95. The van der Waals surface area contributed by atoms with E-state index in [1.165, 1.54) is 19.3 Å². The van der Waals surface area contributed by atoms with Crippen LogP contribution in [0.1, 0.15) is 53.4 Å². The molecule has 16 heavy (non-hydrogen) atoms. The molecule has 2 aliphatic rings. The van der Waals surface area contributed by atoms with E-state index in [0.29, 0.717) is 5.92 Å². The summed E-state index contributed by atoms with van der Waals surface area (Å²) < 4.78 is 0. The van der Waals surface area contributed by atoms with Gasteiger partial charge in [0.25, 0.3) is 0 Å². The fourth-order valence-electron chi connectivity index (χ4n) is 3.84. The predicted molar refractivity (Wildman–Crippen MR) is 68.2 cm³/mol. The maximum absolute atomic E-state index is 10.6. The van der Waals surface area contributed by atoms with Gasteiger partial charge in [-0.3, -0.25) is 0 Å². The number of hydrogen-bond donors (Lipinski definition) is 1. The highest BCUT2D eigenvalue weighted by atomic mass is 16.3.